The van der Waals surface area contributed by atoms with Gasteiger partial charge in [0.15, 0.2) is 5.75 Å². The number of anilines is 1. The number of rotatable bonds is 3. The topological polar surface area (TPSA) is 70.0 Å². The molecule has 0 radical (unpaired) electrons. The molecule has 2 N–H and O–H groups in total. The van der Waals surface area contributed by atoms with E-state index in [9.17, 15) is 4.57 Å². The minimum Gasteiger partial charge on any atom is -0.402 e. The molecule has 0 aliphatic heterocycles. The smallest absolute Gasteiger partial charge is 0.402 e. The van der Waals surface area contributed by atoms with Crippen LogP contribution in [0.3, 0.4) is 0 Å². The SMILES string of the molecule is O=P(O)(O)Oc1ccccc1N(Cl)Cl. The van der Waals surface area contributed by atoms with Crippen molar-refractivity contribution >= 4 is 37.1 Å². The lowest BCUT2D eigenvalue weighted by atomic mass is 10.3. The summed E-state index contributed by atoms with van der Waals surface area (Å²) >= 11 is 10.8. The van der Waals surface area contributed by atoms with Gasteiger partial charge in [0, 0.05) is 23.6 Å². The van der Waals surface area contributed by atoms with Crippen molar-refractivity contribution in [1.82, 2.24) is 0 Å². The number of nitrogens with zero attached hydrogens (tertiary/aromatic N) is 1. The van der Waals surface area contributed by atoms with Gasteiger partial charge in [0.2, 0.25) is 0 Å². The maximum atomic E-state index is 10.5. The Morgan fingerprint density at radius 1 is 1.29 bits per heavy atom. The second kappa shape index (κ2) is 4.38. The fourth-order valence-electron chi connectivity index (χ4n) is 0.802. The molecule has 1 rings (SSSR count). The van der Waals surface area contributed by atoms with Crippen LogP contribution in [-0.4, -0.2) is 9.79 Å². The first-order valence-electron chi connectivity index (χ1n) is 3.36. The Labute approximate surface area is 90.3 Å². The molecule has 1 aromatic carbocycles. The fraction of sp³-hybridized carbons (Fsp3) is 0. The second-order valence-corrected chi connectivity index (χ2v) is 4.30. The summed E-state index contributed by atoms with van der Waals surface area (Å²) in [6, 6.07) is 5.92. The monoisotopic (exact) mass is 257 g/mol. The van der Waals surface area contributed by atoms with Gasteiger partial charge in [0.25, 0.3) is 0 Å². The summed E-state index contributed by atoms with van der Waals surface area (Å²) in [6.07, 6.45) is 0. The van der Waals surface area contributed by atoms with E-state index < -0.39 is 7.82 Å². The number of hydrogen-bond donors (Lipinski definition) is 2. The molecule has 8 heteroatoms. The molecule has 78 valence electrons. The van der Waals surface area contributed by atoms with Crippen LogP contribution in [-0.2, 0) is 4.57 Å². The van der Waals surface area contributed by atoms with Crippen LogP contribution in [0, 0.1) is 0 Å². The van der Waals surface area contributed by atoms with Crippen molar-refractivity contribution in [2.24, 2.45) is 0 Å². The van der Waals surface area contributed by atoms with E-state index in [1.165, 1.54) is 18.2 Å². The Balaban J connectivity index is 3.02. The Kier molecular flexibility index (Phi) is 3.64. The van der Waals surface area contributed by atoms with Crippen molar-refractivity contribution in [3.05, 3.63) is 24.3 Å². The van der Waals surface area contributed by atoms with Crippen LogP contribution in [0.4, 0.5) is 5.69 Å². The van der Waals surface area contributed by atoms with Crippen molar-refractivity contribution < 1.29 is 18.9 Å². The molecule has 0 heterocycles. The van der Waals surface area contributed by atoms with Gasteiger partial charge in [-0.25, -0.2) is 4.57 Å². The molecule has 0 aliphatic rings. The van der Waals surface area contributed by atoms with E-state index >= 15 is 0 Å². The molecule has 0 spiro atoms. The first kappa shape index (κ1) is 11.6. The second-order valence-electron chi connectivity index (χ2n) is 2.28. The van der Waals surface area contributed by atoms with Gasteiger partial charge in [-0.15, -0.1) is 0 Å². The molecule has 14 heavy (non-hydrogen) atoms. The Hall–Kier alpha value is -0.450. The van der Waals surface area contributed by atoms with E-state index in [1.54, 1.807) is 6.07 Å². The molecule has 5 nitrogen and oxygen atoms in total. The molecule has 0 aliphatic carbocycles. The maximum Gasteiger partial charge on any atom is 0.524 e. The third kappa shape index (κ3) is 3.36. The van der Waals surface area contributed by atoms with E-state index in [0.29, 0.717) is 3.94 Å². The summed E-state index contributed by atoms with van der Waals surface area (Å²) in [5.74, 6) is -0.0918. The van der Waals surface area contributed by atoms with Crippen molar-refractivity contribution in [3.63, 3.8) is 0 Å². The first-order chi connectivity index (χ1) is 6.40. The third-order valence-corrected chi connectivity index (χ3v) is 2.06. The van der Waals surface area contributed by atoms with E-state index in [0.717, 1.165) is 0 Å². The van der Waals surface area contributed by atoms with E-state index in [-0.39, 0.29) is 11.4 Å². The van der Waals surface area contributed by atoms with Crippen LogP contribution in [0.1, 0.15) is 0 Å². The Bertz CT molecular complexity index is 367. The zero-order valence-corrected chi connectivity index (χ0v) is 9.08. The van der Waals surface area contributed by atoms with Crippen LogP contribution in [0.15, 0.2) is 24.3 Å². The van der Waals surface area contributed by atoms with Crippen LogP contribution >= 0.6 is 31.4 Å². The van der Waals surface area contributed by atoms with Crippen LogP contribution in [0.25, 0.3) is 0 Å². The highest BCUT2D eigenvalue weighted by Gasteiger charge is 2.19. The summed E-state index contributed by atoms with van der Waals surface area (Å²) in [5, 5.41) is 0. The number of para-hydroxylation sites is 2. The summed E-state index contributed by atoms with van der Waals surface area (Å²) in [5.41, 5.74) is 0.152. The average Bonchev–Trinajstić information content (AvgIpc) is 2.01. The minimum atomic E-state index is -4.60. The molecule has 0 amide bonds. The fourth-order valence-corrected chi connectivity index (χ4v) is 1.49. The lowest BCUT2D eigenvalue weighted by Crippen LogP contribution is -1.97. The van der Waals surface area contributed by atoms with E-state index in [1.807, 2.05) is 0 Å². The van der Waals surface area contributed by atoms with Gasteiger partial charge in [-0.05, 0) is 12.1 Å². The summed E-state index contributed by atoms with van der Waals surface area (Å²) in [4.78, 5) is 17.1. The molecule has 0 unspecified atom stereocenters. The van der Waals surface area contributed by atoms with Gasteiger partial charge in [-0.1, -0.05) is 12.1 Å². The highest BCUT2D eigenvalue weighted by atomic mass is 35.5. The summed E-state index contributed by atoms with van der Waals surface area (Å²) in [7, 11) is -4.60. The number of phosphoric acid groups is 1. The van der Waals surface area contributed by atoms with Crippen molar-refractivity contribution in [1.29, 1.82) is 0 Å². The van der Waals surface area contributed by atoms with Gasteiger partial charge in [0.05, 0.1) is 0 Å². The Morgan fingerprint density at radius 2 is 1.86 bits per heavy atom. The number of benzene rings is 1. The summed E-state index contributed by atoms with van der Waals surface area (Å²) in [6.45, 7) is 0. The predicted octanol–water partition coefficient (Wildman–Crippen LogP) is 2.27. The molecular weight excluding hydrogens is 252 g/mol. The van der Waals surface area contributed by atoms with Crippen LogP contribution in [0.5, 0.6) is 5.75 Å². The molecule has 0 saturated carbocycles. The van der Waals surface area contributed by atoms with Crippen LogP contribution in [0.2, 0.25) is 0 Å². The molecule has 1 aromatic rings. The zero-order valence-electron chi connectivity index (χ0n) is 6.67. The molecule has 0 saturated heterocycles. The van der Waals surface area contributed by atoms with Crippen LogP contribution < -0.4 is 8.46 Å². The number of hydrogen-bond acceptors (Lipinski definition) is 3. The Morgan fingerprint density at radius 3 is 2.36 bits per heavy atom. The van der Waals surface area contributed by atoms with Gasteiger partial charge >= 0.3 is 7.82 Å². The third-order valence-electron chi connectivity index (χ3n) is 1.26. The summed E-state index contributed by atoms with van der Waals surface area (Å²) < 4.78 is 15.6. The van der Waals surface area contributed by atoms with Crippen molar-refractivity contribution in [2.75, 3.05) is 3.94 Å². The van der Waals surface area contributed by atoms with E-state index in [4.69, 9.17) is 33.3 Å². The van der Waals surface area contributed by atoms with Crippen molar-refractivity contribution in [3.8, 4) is 5.75 Å². The van der Waals surface area contributed by atoms with Gasteiger partial charge in [0.1, 0.15) is 5.69 Å². The molecular formula is C6H6Cl2NO4P. The van der Waals surface area contributed by atoms with Crippen molar-refractivity contribution in [2.45, 2.75) is 0 Å². The van der Waals surface area contributed by atoms with Gasteiger partial charge < -0.3 is 4.52 Å². The molecule has 0 fully saturated rings. The highest BCUT2D eigenvalue weighted by molar-refractivity contribution is 7.46. The largest absolute Gasteiger partial charge is 0.524 e. The minimum absolute atomic E-state index is 0.0918. The standard InChI is InChI=1S/C6H6Cl2NO4P/c7-9(8)5-3-1-2-4-6(5)13-14(10,11)12/h1-4H,(H2,10,11,12). The molecule has 0 atom stereocenters. The maximum absolute atomic E-state index is 10.5. The quantitative estimate of drug-likeness (QED) is 0.642. The first-order valence-corrected chi connectivity index (χ1v) is 5.56. The molecule has 0 aromatic heterocycles. The predicted molar refractivity (Wildman–Crippen MR) is 53.3 cm³/mol. The zero-order chi connectivity index (χ0) is 10.8. The molecule has 0 bridgehead atoms. The average molecular weight is 258 g/mol. The van der Waals surface area contributed by atoms with Gasteiger partial charge in [-0.2, -0.15) is 3.94 Å². The van der Waals surface area contributed by atoms with E-state index in [2.05, 4.69) is 4.52 Å². The van der Waals surface area contributed by atoms with Gasteiger partial charge in [-0.3, -0.25) is 9.79 Å². The highest BCUT2D eigenvalue weighted by Crippen LogP contribution is 2.42. The normalized spacial score (nSPS) is 11.1. The number of phosphoric ester groups is 1. The lowest BCUT2D eigenvalue weighted by Gasteiger charge is -2.12. The lowest BCUT2D eigenvalue weighted by molar-refractivity contribution is 0.283. The number of halogens is 2.